The normalized spacial score (nSPS) is 13.9. The molecule has 1 aromatic heterocycles. The average molecular weight is 434 g/mol. The van der Waals surface area contributed by atoms with Crippen LogP contribution >= 0.6 is 23.5 Å². The van der Waals surface area contributed by atoms with Crippen LogP contribution < -0.4 is 10.0 Å². The van der Waals surface area contributed by atoms with Crippen LogP contribution in [-0.2, 0) is 13.1 Å². The molecule has 0 aliphatic carbocycles. The summed E-state index contributed by atoms with van der Waals surface area (Å²) in [5.41, 5.74) is 3.22. The maximum atomic E-state index is 14.8. The summed E-state index contributed by atoms with van der Waals surface area (Å²) >= 11 is 1.99. The number of nitrogens with one attached hydrogen (secondary N) is 2. The van der Waals surface area contributed by atoms with E-state index >= 15 is 0 Å². The zero-order valence-corrected chi connectivity index (χ0v) is 17.5. The van der Waals surface area contributed by atoms with Crippen LogP contribution in [0.3, 0.4) is 0 Å². The smallest absolute Gasteiger partial charge is 0.212 e. The van der Waals surface area contributed by atoms with Gasteiger partial charge in [-0.25, -0.2) is 13.8 Å². The van der Waals surface area contributed by atoms with Crippen molar-refractivity contribution in [2.45, 2.75) is 31.3 Å². The minimum Gasteiger partial charge on any atom is -0.381 e. The van der Waals surface area contributed by atoms with Crippen LogP contribution in [0.25, 0.3) is 0 Å². The Morgan fingerprint density at radius 2 is 2.00 bits per heavy atom. The fourth-order valence-corrected chi connectivity index (χ4v) is 4.34. The van der Waals surface area contributed by atoms with Gasteiger partial charge in [0.25, 0.3) is 0 Å². The Morgan fingerprint density at radius 1 is 1.21 bits per heavy atom. The molecule has 3 aromatic rings. The average Bonchev–Trinajstić information content (AvgIpc) is 3.20. The molecule has 0 bridgehead atoms. The van der Waals surface area contributed by atoms with Crippen LogP contribution in [0.4, 0.5) is 19.6 Å². The monoisotopic (exact) mass is 433 g/mol. The van der Waals surface area contributed by atoms with E-state index in [2.05, 4.69) is 36.4 Å². The second kappa shape index (κ2) is 9.06. The highest BCUT2D eigenvalue weighted by atomic mass is 32.2. The predicted molar refractivity (Wildman–Crippen MR) is 114 cm³/mol. The fraction of sp³-hybridized carbons (Fsp3) is 0.300. The lowest BCUT2D eigenvalue weighted by atomic mass is 10.0. The van der Waals surface area contributed by atoms with Gasteiger partial charge in [0, 0.05) is 35.9 Å². The van der Waals surface area contributed by atoms with Crippen LogP contribution in [0.15, 0.2) is 41.6 Å². The second-order valence-electron chi connectivity index (χ2n) is 6.88. The van der Waals surface area contributed by atoms with E-state index in [1.54, 1.807) is 6.92 Å². The number of rotatable bonds is 8. The van der Waals surface area contributed by atoms with Crippen molar-refractivity contribution in [1.29, 1.82) is 0 Å². The lowest BCUT2D eigenvalue weighted by Crippen LogP contribution is -2.36. The third-order valence-corrected chi connectivity index (χ3v) is 6.54. The van der Waals surface area contributed by atoms with E-state index in [4.69, 9.17) is 0 Å². The molecule has 9 heteroatoms. The predicted octanol–water partition coefficient (Wildman–Crippen LogP) is 5.06. The zero-order chi connectivity index (χ0) is 20.2. The largest absolute Gasteiger partial charge is 0.381 e. The number of hydrogen-bond donors (Lipinski definition) is 2. The molecule has 1 fully saturated rings. The molecule has 1 aliphatic heterocycles. The Labute approximate surface area is 176 Å². The molecule has 1 saturated heterocycles. The van der Waals surface area contributed by atoms with Gasteiger partial charge < -0.3 is 10.0 Å². The van der Waals surface area contributed by atoms with Crippen molar-refractivity contribution in [3.05, 3.63) is 65.0 Å². The van der Waals surface area contributed by atoms with E-state index in [1.807, 2.05) is 12.1 Å². The second-order valence-corrected chi connectivity index (χ2v) is 8.47. The van der Waals surface area contributed by atoms with E-state index in [0.29, 0.717) is 22.9 Å². The van der Waals surface area contributed by atoms with Crippen molar-refractivity contribution >= 4 is 34.3 Å². The van der Waals surface area contributed by atoms with Gasteiger partial charge in [0.05, 0.1) is 0 Å². The summed E-state index contributed by atoms with van der Waals surface area (Å²) in [5, 5.41) is 3.70. The number of aromatic nitrogens is 2. The Hall–Kier alpha value is -2.23. The van der Waals surface area contributed by atoms with E-state index in [-0.39, 0.29) is 4.90 Å². The lowest BCUT2D eigenvalue weighted by molar-refractivity contribution is 0.172. The van der Waals surface area contributed by atoms with Gasteiger partial charge in [0.1, 0.15) is 22.9 Å². The minimum absolute atomic E-state index is 0.0820. The summed E-state index contributed by atoms with van der Waals surface area (Å²) in [6.07, 6.45) is 2.63. The quantitative estimate of drug-likeness (QED) is 0.484. The van der Waals surface area contributed by atoms with Crippen molar-refractivity contribution < 1.29 is 8.78 Å². The van der Waals surface area contributed by atoms with Gasteiger partial charge in [-0.3, -0.25) is 4.90 Å². The highest BCUT2D eigenvalue weighted by Crippen LogP contribution is 2.33. The molecule has 2 aromatic carbocycles. The maximum Gasteiger partial charge on any atom is 0.212 e. The molecule has 0 amide bonds. The topological polar surface area (TPSA) is 53.1 Å². The van der Waals surface area contributed by atoms with Crippen molar-refractivity contribution in [2.75, 3.05) is 23.1 Å². The van der Waals surface area contributed by atoms with Crippen molar-refractivity contribution in [2.24, 2.45) is 0 Å². The number of nitrogens with zero attached hydrogens (tertiary/aromatic N) is 3. The summed E-state index contributed by atoms with van der Waals surface area (Å²) < 4.78 is 36.0. The molecule has 4 rings (SSSR count). The molecule has 5 nitrogen and oxygen atoms in total. The molecule has 1 aliphatic rings. The molecule has 0 radical (unpaired) electrons. The molecule has 29 heavy (non-hydrogen) atoms. The van der Waals surface area contributed by atoms with Crippen LogP contribution in [0.5, 0.6) is 0 Å². The Balaban J connectivity index is 1.46. The molecule has 0 saturated carbocycles. The molecular weight excluding hydrogens is 412 g/mol. The first-order valence-corrected chi connectivity index (χ1v) is 10.9. The number of benzene rings is 2. The summed E-state index contributed by atoms with van der Waals surface area (Å²) in [6.45, 7) is 5.33. The first-order valence-electron chi connectivity index (χ1n) is 9.33. The number of likely N-dealkylation sites (tertiary alicyclic amines) is 1. The van der Waals surface area contributed by atoms with Crippen LogP contribution in [0.2, 0.25) is 0 Å². The number of hydrogen-bond acceptors (Lipinski definition) is 7. The SMILES string of the molecule is Cc1c(NCc2ccccc2CN2CCC2)cc(F)c(SNc2ncns2)c1F. The number of halogens is 2. The Morgan fingerprint density at radius 3 is 2.69 bits per heavy atom. The van der Waals surface area contributed by atoms with Crippen LogP contribution in [0, 0.1) is 18.6 Å². The van der Waals surface area contributed by atoms with Gasteiger partial charge in [0.15, 0.2) is 0 Å². The fourth-order valence-electron chi connectivity index (χ4n) is 3.14. The van der Waals surface area contributed by atoms with Crippen LogP contribution in [-0.4, -0.2) is 27.3 Å². The highest BCUT2D eigenvalue weighted by Gasteiger charge is 2.18. The van der Waals surface area contributed by atoms with Crippen LogP contribution in [0.1, 0.15) is 23.1 Å². The van der Waals surface area contributed by atoms with Crippen molar-refractivity contribution in [3.63, 3.8) is 0 Å². The van der Waals surface area contributed by atoms with E-state index < -0.39 is 11.6 Å². The highest BCUT2D eigenvalue weighted by molar-refractivity contribution is 8.00. The molecule has 0 unspecified atom stereocenters. The molecule has 152 valence electrons. The van der Waals surface area contributed by atoms with Gasteiger partial charge in [-0.05, 0) is 55.6 Å². The van der Waals surface area contributed by atoms with Gasteiger partial charge in [-0.2, -0.15) is 4.37 Å². The number of anilines is 2. The standard InChI is InChI=1S/C20H21F2N5S2/c1-13-17(9-16(21)19(18(13)22)28-26-20-24-12-25-29-20)23-10-14-5-2-3-6-15(14)11-27-7-4-8-27/h2-3,5-6,9,12,23H,4,7-8,10-11H2,1H3,(H,24,25,26). The zero-order valence-electron chi connectivity index (χ0n) is 15.9. The van der Waals surface area contributed by atoms with Crippen molar-refractivity contribution in [1.82, 2.24) is 14.3 Å². The molecule has 2 N–H and O–H groups in total. The lowest BCUT2D eigenvalue weighted by Gasteiger charge is -2.31. The van der Waals surface area contributed by atoms with Gasteiger partial charge in [0.2, 0.25) is 5.13 Å². The Bertz CT molecular complexity index is 977. The summed E-state index contributed by atoms with van der Waals surface area (Å²) in [7, 11) is 0. The first-order chi connectivity index (χ1) is 14.1. The van der Waals surface area contributed by atoms with Crippen molar-refractivity contribution in [3.8, 4) is 0 Å². The summed E-state index contributed by atoms with van der Waals surface area (Å²) in [5.74, 6) is -1.20. The third kappa shape index (κ3) is 4.68. The Kier molecular flexibility index (Phi) is 6.27. The minimum atomic E-state index is -0.619. The van der Waals surface area contributed by atoms with Gasteiger partial charge >= 0.3 is 0 Å². The molecule has 2 heterocycles. The molecular formula is C20H21F2N5S2. The van der Waals surface area contributed by atoms with Gasteiger partial charge in [-0.1, -0.05) is 24.3 Å². The third-order valence-electron chi connectivity index (χ3n) is 4.95. The summed E-state index contributed by atoms with van der Waals surface area (Å²) in [4.78, 5) is 6.25. The van der Waals surface area contributed by atoms with E-state index in [1.165, 1.54) is 24.4 Å². The first kappa shape index (κ1) is 20.1. The summed E-state index contributed by atoms with van der Waals surface area (Å²) in [6, 6.07) is 9.53. The molecule has 0 atom stereocenters. The van der Waals surface area contributed by atoms with Gasteiger partial charge in [-0.15, -0.1) is 0 Å². The van der Waals surface area contributed by atoms with E-state index in [0.717, 1.165) is 48.7 Å². The van der Waals surface area contributed by atoms with E-state index in [9.17, 15) is 8.78 Å². The maximum absolute atomic E-state index is 14.8. The molecule has 0 spiro atoms.